The highest BCUT2D eigenvalue weighted by molar-refractivity contribution is 5.81. The quantitative estimate of drug-likeness (QED) is 0.900. The molecule has 0 spiro atoms. The maximum absolute atomic E-state index is 12.4. The van der Waals surface area contributed by atoms with Gasteiger partial charge in [0.15, 0.2) is 6.10 Å². The van der Waals surface area contributed by atoms with Gasteiger partial charge in [-0.05, 0) is 50.8 Å². The minimum absolute atomic E-state index is 0.00600. The zero-order valence-electron chi connectivity index (χ0n) is 14.2. The van der Waals surface area contributed by atoms with E-state index in [9.17, 15) is 4.79 Å². The standard InChI is InChI=1S/C19H29NO2/c1-14-11-12-15(2)18(13-14)22-16(3)19(21)20-17-9-7-5-4-6-8-10-17/h11-13,16-17H,4-10H2,1-3H3,(H,20,21). The number of ether oxygens (including phenoxy) is 1. The minimum Gasteiger partial charge on any atom is -0.481 e. The Morgan fingerprint density at radius 3 is 2.45 bits per heavy atom. The summed E-state index contributed by atoms with van der Waals surface area (Å²) in [4.78, 5) is 12.4. The molecule has 1 atom stereocenters. The minimum atomic E-state index is -0.453. The highest BCUT2D eigenvalue weighted by Gasteiger charge is 2.20. The summed E-state index contributed by atoms with van der Waals surface area (Å²) in [5.74, 6) is 0.812. The van der Waals surface area contributed by atoms with Crippen LogP contribution in [0.1, 0.15) is 63.0 Å². The SMILES string of the molecule is Cc1ccc(C)c(OC(C)C(=O)NC2CCCCCCC2)c1. The Bertz CT molecular complexity index is 490. The predicted octanol–water partition coefficient (Wildman–Crippen LogP) is 4.30. The largest absolute Gasteiger partial charge is 0.481 e. The molecule has 1 unspecified atom stereocenters. The summed E-state index contributed by atoms with van der Waals surface area (Å²) in [5, 5.41) is 3.18. The van der Waals surface area contributed by atoms with Crippen LogP contribution in [0.4, 0.5) is 0 Å². The Balaban J connectivity index is 1.89. The normalized spacial score (nSPS) is 18.1. The molecule has 1 aliphatic carbocycles. The Labute approximate surface area is 134 Å². The Kier molecular flexibility index (Phi) is 6.29. The van der Waals surface area contributed by atoms with E-state index in [-0.39, 0.29) is 5.91 Å². The second kappa shape index (κ2) is 8.21. The van der Waals surface area contributed by atoms with Gasteiger partial charge in [0.1, 0.15) is 5.75 Å². The van der Waals surface area contributed by atoms with E-state index in [4.69, 9.17) is 4.74 Å². The first-order valence-electron chi connectivity index (χ1n) is 8.60. The van der Waals surface area contributed by atoms with E-state index >= 15 is 0 Å². The molecule has 0 saturated heterocycles. The van der Waals surface area contributed by atoms with Crippen molar-refractivity contribution in [2.45, 2.75) is 77.9 Å². The van der Waals surface area contributed by atoms with E-state index < -0.39 is 6.10 Å². The molecule has 1 amide bonds. The van der Waals surface area contributed by atoms with Gasteiger partial charge in [-0.15, -0.1) is 0 Å². The van der Waals surface area contributed by atoms with E-state index in [0.29, 0.717) is 6.04 Å². The molecule has 1 N–H and O–H groups in total. The molecule has 1 aromatic carbocycles. The number of aryl methyl sites for hydroxylation is 2. The molecule has 3 heteroatoms. The topological polar surface area (TPSA) is 38.3 Å². The zero-order valence-corrected chi connectivity index (χ0v) is 14.2. The Morgan fingerprint density at radius 1 is 1.14 bits per heavy atom. The second-order valence-corrected chi connectivity index (χ2v) is 6.58. The molecule has 1 fully saturated rings. The van der Waals surface area contributed by atoms with Gasteiger partial charge in [0.25, 0.3) is 5.91 Å². The molecule has 0 aromatic heterocycles. The predicted molar refractivity (Wildman–Crippen MR) is 90.3 cm³/mol. The van der Waals surface area contributed by atoms with Crippen LogP contribution >= 0.6 is 0 Å². The summed E-state index contributed by atoms with van der Waals surface area (Å²) >= 11 is 0. The average Bonchev–Trinajstić information content (AvgIpc) is 2.45. The van der Waals surface area contributed by atoms with Crippen LogP contribution in [0.25, 0.3) is 0 Å². The van der Waals surface area contributed by atoms with Crippen LogP contribution in [0.15, 0.2) is 18.2 Å². The molecule has 22 heavy (non-hydrogen) atoms. The highest BCUT2D eigenvalue weighted by Crippen LogP contribution is 2.21. The molecule has 1 aliphatic rings. The number of rotatable bonds is 4. The molecule has 2 rings (SSSR count). The van der Waals surface area contributed by atoms with Crippen molar-refractivity contribution >= 4 is 5.91 Å². The smallest absolute Gasteiger partial charge is 0.260 e. The van der Waals surface area contributed by atoms with Crippen molar-refractivity contribution in [3.05, 3.63) is 29.3 Å². The van der Waals surface area contributed by atoms with E-state index in [1.54, 1.807) is 0 Å². The molecular formula is C19H29NO2. The summed E-state index contributed by atoms with van der Waals surface area (Å²) < 4.78 is 5.87. The molecule has 0 heterocycles. The molecule has 1 saturated carbocycles. The van der Waals surface area contributed by atoms with E-state index in [0.717, 1.165) is 29.7 Å². The first-order valence-corrected chi connectivity index (χ1v) is 8.60. The molecule has 122 valence electrons. The van der Waals surface area contributed by atoms with Gasteiger partial charge in [0.2, 0.25) is 0 Å². The van der Waals surface area contributed by atoms with Gasteiger partial charge in [0, 0.05) is 6.04 Å². The lowest BCUT2D eigenvalue weighted by Gasteiger charge is -2.23. The molecule has 0 radical (unpaired) electrons. The number of nitrogens with one attached hydrogen (secondary N) is 1. The Hall–Kier alpha value is -1.51. The number of hydrogen-bond acceptors (Lipinski definition) is 2. The molecule has 0 aliphatic heterocycles. The van der Waals surface area contributed by atoms with Crippen molar-refractivity contribution in [3.8, 4) is 5.75 Å². The van der Waals surface area contributed by atoms with Crippen LogP contribution in [-0.2, 0) is 4.79 Å². The number of carbonyl (C=O) groups is 1. The van der Waals surface area contributed by atoms with Crippen molar-refractivity contribution in [3.63, 3.8) is 0 Å². The summed E-state index contributed by atoms with van der Waals surface area (Å²) in [5.41, 5.74) is 2.21. The summed E-state index contributed by atoms with van der Waals surface area (Å²) in [6.07, 6.45) is 8.11. The summed E-state index contributed by atoms with van der Waals surface area (Å²) in [7, 11) is 0. The van der Waals surface area contributed by atoms with Gasteiger partial charge >= 0.3 is 0 Å². The van der Waals surface area contributed by atoms with Crippen LogP contribution < -0.4 is 10.1 Å². The maximum Gasteiger partial charge on any atom is 0.260 e. The van der Waals surface area contributed by atoms with Crippen molar-refractivity contribution in [2.75, 3.05) is 0 Å². The van der Waals surface area contributed by atoms with Crippen LogP contribution in [-0.4, -0.2) is 18.1 Å². The molecule has 1 aromatic rings. The third kappa shape index (κ3) is 5.04. The van der Waals surface area contributed by atoms with Gasteiger partial charge in [0.05, 0.1) is 0 Å². The van der Waals surface area contributed by atoms with Crippen LogP contribution in [0.3, 0.4) is 0 Å². The average molecular weight is 303 g/mol. The van der Waals surface area contributed by atoms with Gasteiger partial charge in [-0.25, -0.2) is 0 Å². The lowest BCUT2D eigenvalue weighted by Crippen LogP contribution is -2.42. The van der Waals surface area contributed by atoms with Crippen molar-refractivity contribution in [2.24, 2.45) is 0 Å². The third-order valence-corrected chi connectivity index (χ3v) is 4.47. The molecule has 3 nitrogen and oxygen atoms in total. The van der Waals surface area contributed by atoms with Gasteiger partial charge in [-0.3, -0.25) is 4.79 Å². The summed E-state index contributed by atoms with van der Waals surface area (Å²) in [6.45, 7) is 5.87. The lowest BCUT2D eigenvalue weighted by atomic mass is 9.96. The summed E-state index contributed by atoms with van der Waals surface area (Å²) in [6, 6.07) is 6.40. The first-order chi connectivity index (χ1) is 10.6. The highest BCUT2D eigenvalue weighted by atomic mass is 16.5. The van der Waals surface area contributed by atoms with Crippen molar-refractivity contribution < 1.29 is 9.53 Å². The second-order valence-electron chi connectivity index (χ2n) is 6.58. The van der Waals surface area contributed by atoms with E-state index in [2.05, 4.69) is 11.4 Å². The zero-order chi connectivity index (χ0) is 15.9. The van der Waals surface area contributed by atoms with Crippen molar-refractivity contribution in [1.82, 2.24) is 5.32 Å². The Morgan fingerprint density at radius 2 is 1.77 bits per heavy atom. The van der Waals surface area contributed by atoms with Crippen molar-refractivity contribution in [1.29, 1.82) is 0 Å². The fourth-order valence-electron chi connectivity index (χ4n) is 3.00. The number of carbonyl (C=O) groups excluding carboxylic acids is 1. The van der Waals surface area contributed by atoms with E-state index in [1.165, 1.54) is 32.1 Å². The number of benzene rings is 1. The third-order valence-electron chi connectivity index (χ3n) is 4.47. The number of hydrogen-bond donors (Lipinski definition) is 1. The number of amides is 1. The van der Waals surface area contributed by atoms with Gasteiger partial charge in [-0.2, -0.15) is 0 Å². The first kappa shape index (κ1) is 16.9. The lowest BCUT2D eigenvalue weighted by molar-refractivity contribution is -0.128. The fraction of sp³-hybridized carbons (Fsp3) is 0.632. The molecular weight excluding hydrogens is 274 g/mol. The molecule has 0 bridgehead atoms. The van der Waals surface area contributed by atoms with Gasteiger partial charge < -0.3 is 10.1 Å². The maximum atomic E-state index is 12.4. The van der Waals surface area contributed by atoms with E-state index in [1.807, 2.05) is 32.9 Å². The monoisotopic (exact) mass is 303 g/mol. The van der Waals surface area contributed by atoms with Crippen LogP contribution in [0, 0.1) is 13.8 Å². The van der Waals surface area contributed by atoms with Crippen LogP contribution in [0.2, 0.25) is 0 Å². The fourth-order valence-corrected chi connectivity index (χ4v) is 3.00. The van der Waals surface area contributed by atoms with Crippen LogP contribution in [0.5, 0.6) is 5.75 Å². The van der Waals surface area contributed by atoms with Gasteiger partial charge in [-0.1, -0.05) is 44.2 Å².